The molecule has 1 amide bonds. The van der Waals surface area contributed by atoms with Crippen molar-refractivity contribution in [3.05, 3.63) is 65.7 Å². The first kappa shape index (κ1) is 19.1. The molecule has 0 aromatic heterocycles. The van der Waals surface area contributed by atoms with Crippen LogP contribution in [-0.4, -0.2) is 20.6 Å². The first-order valence-electron chi connectivity index (χ1n) is 7.91. The number of benzene rings is 2. The summed E-state index contributed by atoms with van der Waals surface area (Å²) < 4.78 is 24.6. The summed E-state index contributed by atoms with van der Waals surface area (Å²) in [4.78, 5) is 12.4. The Morgan fingerprint density at radius 1 is 1.08 bits per heavy atom. The minimum absolute atomic E-state index is 0.168. The van der Waals surface area contributed by atoms with Gasteiger partial charge < -0.3 is 11.1 Å². The summed E-state index contributed by atoms with van der Waals surface area (Å²) in [7, 11) is -3.23. The first-order valence-corrected chi connectivity index (χ1v) is 9.80. The van der Waals surface area contributed by atoms with Crippen LogP contribution in [-0.2, 0) is 21.4 Å². The van der Waals surface area contributed by atoms with Gasteiger partial charge in [-0.25, -0.2) is 13.1 Å². The maximum atomic E-state index is 12.4. The molecule has 0 aliphatic rings. The zero-order valence-electron chi connectivity index (χ0n) is 14.3. The molecule has 2 aromatic rings. The molecule has 0 fully saturated rings. The fraction of sp³-hybridized carbons (Fsp3) is 0.278. The average molecular weight is 361 g/mol. The number of hydrogen-bond donors (Lipinski definition) is 3. The molecule has 0 saturated carbocycles. The molecule has 2 atom stereocenters. The number of nitrogens with one attached hydrogen (secondary N) is 2. The molecule has 2 rings (SSSR count). The molecule has 2 unspecified atom stereocenters. The minimum atomic E-state index is -3.23. The smallest absolute Gasteiger partial charge is 0.229 e. The lowest BCUT2D eigenvalue weighted by molar-refractivity contribution is -0.120. The fourth-order valence-electron chi connectivity index (χ4n) is 2.30. The van der Waals surface area contributed by atoms with Gasteiger partial charge in [0.05, 0.1) is 12.2 Å². The van der Waals surface area contributed by atoms with Gasteiger partial charge in [-0.05, 0) is 23.3 Å². The molecule has 4 N–H and O–H groups in total. The van der Waals surface area contributed by atoms with E-state index in [0.29, 0.717) is 5.69 Å². The number of anilines is 1. The summed E-state index contributed by atoms with van der Waals surface area (Å²) in [5.74, 6) is -0.563. The van der Waals surface area contributed by atoms with E-state index in [9.17, 15) is 13.2 Å². The highest BCUT2D eigenvalue weighted by Crippen LogP contribution is 2.21. The second-order valence-electron chi connectivity index (χ2n) is 6.00. The Balaban J connectivity index is 1.95. The lowest BCUT2D eigenvalue weighted by Gasteiger charge is -2.20. The van der Waals surface area contributed by atoms with Crippen molar-refractivity contribution >= 4 is 21.6 Å². The molecule has 0 saturated heterocycles. The third-order valence-corrected chi connectivity index (χ3v) is 4.57. The predicted molar refractivity (Wildman–Crippen MR) is 99.3 cm³/mol. The third kappa shape index (κ3) is 5.97. The van der Waals surface area contributed by atoms with Gasteiger partial charge in [-0.2, -0.15) is 0 Å². The van der Waals surface area contributed by atoms with Gasteiger partial charge in [0, 0.05) is 18.3 Å². The molecule has 7 heteroatoms. The average Bonchev–Trinajstić information content (AvgIpc) is 2.60. The topological polar surface area (TPSA) is 101 Å². The summed E-state index contributed by atoms with van der Waals surface area (Å²) in [5.41, 5.74) is 8.52. The van der Waals surface area contributed by atoms with E-state index >= 15 is 0 Å². The van der Waals surface area contributed by atoms with Crippen molar-refractivity contribution in [2.24, 2.45) is 11.7 Å². The van der Waals surface area contributed by atoms with Crippen LogP contribution >= 0.6 is 0 Å². The quantitative estimate of drug-likeness (QED) is 0.702. The van der Waals surface area contributed by atoms with E-state index < -0.39 is 15.9 Å². The van der Waals surface area contributed by atoms with E-state index in [2.05, 4.69) is 10.0 Å². The molecular formula is C18H23N3O3S. The van der Waals surface area contributed by atoms with Gasteiger partial charge in [-0.15, -0.1) is 0 Å². The van der Waals surface area contributed by atoms with Gasteiger partial charge in [-0.3, -0.25) is 4.79 Å². The second kappa shape index (κ2) is 8.24. The fourth-order valence-corrected chi connectivity index (χ4v) is 2.73. The zero-order chi connectivity index (χ0) is 18.4. The molecule has 0 radical (unpaired) electrons. The Morgan fingerprint density at radius 3 is 2.24 bits per heavy atom. The lowest BCUT2D eigenvalue weighted by atomic mass is 9.94. The Morgan fingerprint density at radius 2 is 1.68 bits per heavy atom. The molecule has 6 nitrogen and oxygen atoms in total. The minimum Gasteiger partial charge on any atom is -0.326 e. The number of carbonyl (C=O) groups excluding carboxylic acids is 1. The van der Waals surface area contributed by atoms with Crippen molar-refractivity contribution in [3.8, 4) is 0 Å². The highest BCUT2D eigenvalue weighted by molar-refractivity contribution is 7.88. The van der Waals surface area contributed by atoms with Crippen molar-refractivity contribution < 1.29 is 13.2 Å². The van der Waals surface area contributed by atoms with Crippen molar-refractivity contribution in [2.45, 2.75) is 19.5 Å². The highest BCUT2D eigenvalue weighted by Gasteiger charge is 2.22. The number of sulfonamides is 1. The van der Waals surface area contributed by atoms with Crippen LogP contribution in [0.25, 0.3) is 0 Å². The van der Waals surface area contributed by atoms with Crippen molar-refractivity contribution in [1.82, 2.24) is 4.72 Å². The van der Waals surface area contributed by atoms with E-state index in [0.717, 1.165) is 17.4 Å². The highest BCUT2D eigenvalue weighted by atomic mass is 32.2. The summed E-state index contributed by atoms with van der Waals surface area (Å²) in [5, 5.41) is 2.83. The summed E-state index contributed by atoms with van der Waals surface area (Å²) in [6, 6.07) is 16.1. The molecule has 25 heavy (non-hydrogen) atoms. The Kier molecular flexibility index (Phi) is 6.30. The number of nitrogens with two attached hydrogens (primary N) is 1. The maximum absolute atomic E-state index is 12.4. The SMILES string of the molecule is CC(C(=O)Nc1ccc(CNS(C)(=O)=O)cc1)C(N)c1ccccc1. The molecular weight excluding hydrogens is 338 g/mol. The van der Waals surface area contributed by atoms with Gasteiger partial charge in [-0.1, -0.05) is 49.4 Å². The third-order valence-electron chi connectivity index (χ3n) is 3.90. The molecule has 2 aromatic carbocycles. The largest absolute Gasteiger partial charge is 0.326 e. The molecule has 0 spiro atoms. The Bertz CT molecular complexity index is 805. The first-order chi connectivity index (χ1) is 11.8. The van der Waals surface area contributed by atoms with Crippen LogP contribution in [0.15, 0.2) is 54.6 Å². The maximum Gasteiger partial charge on any atom is 0.229 e. The van der Waals surface area contributed by atoms with Crippen LogP contribution in [0.5, 0.6) is 0 Å². The molecule has 134 valence electrons. The van der Waals surface area contributed by atoms with E-state index in [4.69, 9.17) is 5.73 Å². The van der Waals surface area contributed by atoms with Crippen LogP contribution in [0.2, 0.25) is 0 Å². The Labute approximate surface area is 148 Å². The van der Waals surface area contributed by atoms with E-state index in [1.165, 1.54) is 0 Å². The van der Waals surface area contributed by atoms with Gasteiger partial charge >= 0.3 is 0 Å². The molecule has 0 bridgehead atoms. The number of hydrogen-bond acceptors (Lipinski definition) is 4. The number of carbonyl (C=O) groups is 1. The second-order valence-corrected chi connectivity index (χ2v) is 7.84. The van der Waals surface area contributed by atoms with Crippen LogP contribution in [0.4, 0.5) is 5.69 Å². The summed E-state index contributed by atoms with van der Waals surface area (Å²) >= 11 is 0. The van der Waals surface area contributed by atoms with Crippen LogP contribution in [0.3, 0.4) is 0 Å². The summed E-state index contributed by atoms with van der Waals surface area (Å²) in [6.45, 7) is 2.00. The van der Waals surface area contributed by atoms with Gasteiger partial charge in [0.2, 0.25) is 15.9 Å². The van der Waals surface area contributed by atoms with Gasteiger partial charge in [0.1, 0.15) is 0 Å². The van der Waals surface area contributed by atoms with E-state index in [-0.39, 0.29) is 18.5 Å². The van der Waals surface area contributed by atoms with Crippen LogP contribution < -0.4 is 15.8 Å². The van der Waals surface area contributed by atoms with Crippen molar-refractivity contribution in [1.29, 1.82) is 0 Å². The van der Waals surface area contributed by atoms with Gasteiger partial charge in [0.15, 0.2) is 0 Å². The zero-order valence-corrected chi connectivity index (χ0v) is 15.1. The summed E-state index contributed by atoms with van der Waals surface area (Å²) in [6.07, 6.45) is 1.11. The van der Waals surface area contributed by atoms with E-state index in [1.54, 1.807) is 31.2 Å². The monoisotopic (exact) mass is 361 g/mol. The lowest BCUT2D eigenvalue weighted by Crippen LogP contribution is -2.30. The molecule has 0 heterocycles. The van der Waals surface area contributed by atoms with E-state index in [1.807, 2.05) is 30.3 Å². The normalized spacial score (nSPS) is 13.9. The number of amides is 1. The van der Waals surface area contributed by atoms with Crippen LogP contribution in [0.1, 0.15) is 24.1 Å². The molecule has 0 aliphatic heterocycles. The van der Waals surface area contributed by atoms with Crippen molar-refractivity contribution in [2.75, 3.05) is 11.6 Å². The van der Waals surface area contributed by atoms with Crippen molar-refractivity contribution in [3.63, 3.8) is 0 Å². The standard InChI is InChI=1S/C18H23N3O3S/c1-13(17(19)15-6-4-3-5-7-15)18(22)21-16-10-8-14(9-11-16)12-20-25(2,23)24/h3-11,13,17,20H,12,19H2,1-2H3,(H,21,22). The Hall–Kier alpha value is -2.22. The molecule has 0 aliphatic carbocycles. The van der Waals surface area contributed by atoms with Gasteiger partial charge in [0.25, 0.3) is 0 Å². The van der Waals surface area contributed by atoms with Crippen LogP contribution in [0, 0.1) is 5.92 Å². The predicted octanol–water partition coefficient (Wildman–Crippen LogP) is 2.01. The number of rotatable bonds is 7.